The molecule has 0 aromatic carbocycles. The Morgan fingerprint density at radius 1 is 1.00 bits per heavy atom. The van der Waals surface area contributed by atoms with Crippen LogP contribution in [0.5, 0.6) is 0 Å². The van der Waals surface area contributed by atoms with Gasteiger partial charge < -0.3 is 0 Å². The van der Waals surface area contributed by atoms with E-state index in [-0.39, 0.29) is 0 Å². The summed E-state index contributed by atoms with van der Waals surface area (Å²) in [6, 6.07) is 0. The lowest BCUT2D eigenvalue weighted by molar-refractivity contribution is 0.419. The van der Waals surface area contributed by atoms with Crippen molar-refractivity contribution in [2.45, 2.75) is 71.1 Å². The minimum Gasteiger partial charge on any atom is -0.0882 e. The van der Waals surface area contributed by atoms with E-state index in [1.807, 2.05) is 0 Å². The van der Waals surface area contributed by atoms with Gasteiger partial charge in [0.2, 0.25) is 0 Å². The van der Waals surface area contributed by atoms with Gasteiger partial charge >= 0.3 is 0 Å². The van der Waals surface area contributed by atoms with Crippen LogP contribution < -0.4 is 0 Å². The molecule has 1 saturated carbocycles. The van der Waals surface area contributed by atoms with Gasteiger partial charge in [-0.05, 0) is 38.0 Å². The maximum atomic E-state index is 2.48. The molecule has 0 unspecified atom stereocenters. The van der Waals surface area contributed by atoms with Crippen molar-refractivity contribution < 1.29 is 0 Å². The van der Waals surface area contributed by atoms with Gasteiger partial charge in [0.25, 0.3) is 0 Å². The van der Waals surface area contributed by atoms with E-state index in [2.05, 4.69) is 25.5 Å². The lowest BCUT2D eigenvalue weighted by Crippen LogP contribution is -2.02. The molecule has 1 fully saturated rings. The first kappa shape index (κ1) is 12.8. The summed E-state index contributed by atoms with van der Waals surface area (Å²) < 4.78 is 0. The maximum Gasteiger partial charge on any atom is -0.0234 e. The molecule has 0 aliphatic heterocycles. The number of hydrogen-bond donors (Lipinski definition) is 0. The van der Waals surface area contributed by atoms with Crippen LogP contribution >= 0.6 is 0 Å². The van der Waals surface area contributed by atoms with Crippen LogP contribution in [0.15, 0.2) is 12.2 Å². The van der Waals surface area contributed by atoms with Crippen molar-refractivity contribution in [1.82, 2.24) is 0 Å². The van der Waals surface area contributed by atoms with Crippen LogP contribution in [-0.4, -0.2) is 0 Å². The Morgan fingerprint density at radius 2 is 1.80 bits per heavy atom. The van der Waals surface area contributed by atoms with Gasteiger partial charge in [-0.2, -0.15) is 0 Å². The van der Waals surface area contributed by atoms with Crippen molar-refractivity contribution in [3.63, 3.8) is 0 Å². The second-order valence-electron chi connectivity index (χ2n) is 4.83. The van der Waals surface area contributed by atoms with E-state index in [0.29, 0.717) is 0 Å². The fourth-order valence-electron chi connectivity index (χ4n) is 2.32. The molecular weight excluding hydrogens is 180 g/mol. The summed E-state index contributed by atoms with van der Waals surface area (Å²) in [4.78, 5) is 0. The molecule has 0 spiro atoms. The molecule has 0 aromatic heterocycles. The summed E-state index contributed by atoms with van der Waals surface area (Å²) in [6.45, 7) is 2.26. The summed E-state index contributed by atoms with van der Waals surface area (Å²) in [7, 11) is 0. The third-order valence-corrected chi connectivity index (χ3v) is 3.36. The van der Waals surface area contributed by atoms with Crippen molar-refractivity contribution in [2.24, 2.45) is 5.92 Å². The molecule has 0 nitrogen and oxygen atoms in total. The highest BCUT2D eigenvalue weighted by molar-refractivity contribution is 4.90. The third-order valence-electron chi connectivity index (χ3n) is 3.36. The molecule has 0 bridgehead atoms. The SMILES string of the molecule is CCCC[CH]CC/C=C/C1CCCCC1. The minimum absolute atomic E-state index is 0.911. The largest absolute Gasteiger partial charge is 0.0882 e. The first-order chi connectivity index (χ1) is 7.43. The van der Waals surface area contributed by atoms with Gasteiger partial charge in [0.05, 0.1) is 0 Å². The fraction of sp³-hybridized carbons (Fsp3) is 0.800. The summed E-state index contributed by atoms with van der Waals surface area (Å²) >= 11 is 0. The van der Waals surface area contributed by atoms with E-state index >= 15 is 0 Å². The zero-order chi connectivity index (χ0) is 10.8. The molecule has 0 aromatic rings. The van der Waals surface area contributed by atoms with Crippen LogP contribution in [0, 0.1) is 12.3 Å². The molecule has 0 amide bonds. The van der Waals surface area contributed by atoms with Crippen LogP contribution in [-0.2, 0) is 0 Å². The Balaban J connectivity index is 1.91. The lowest BCUT2D eigenvalue weighted by Gasteiger charge is -2.17. The van der Waals surface area contributed by atoms with Crippen molar-refractivity contribution in [3.05, 3.63) is 18.6 Å². The molecular formula is C15H27. The Hall–Kier alpha value is -0.260. The first-order valence-electron chi connectivity index (χ1n) is 6.92. The van der Waals surface area contributed by atoms with Crippen LogP contribution in [0.2, 0.25) is 0 Å². The molecule has 0 heteroatoms. The molecule has 15 heavy (non-hydrogen) atoms. The highest BCUT2D eigenvalue weighted by Gasteiger charge is 2.08. The smallest absolute Gasteiger partial charge is 0.0234 e. The molecule has 1 aliphatic carbocycles. The standard InChI is InChI=1S/C15H27/c1-2-3-4-5-6-7-9-12-15-13-10-8-11-14-15/h5,9,12,15H,2-4,6-8,10-11,13-14H2,1H3/b12-9+. The Morgan fingerprint density at radius 3 is 2.53 bits per heavy atom. The highest BCUT2D eigenvalue weighted by atomic mass is 14.1. The van der Waals surface area contributed by atoms with Gasteiger partial charge in [-0.15, -0.1) is 0 Å². The number of hydrogen-bond acceptors (Lipinski definition) is 0. The lowest BCUT2D eigenvalue weighted by atomic mass is 9.89. The second kappa shape index (κ2) is 9.00. The Bertz CT molecular complexity index is 151. The first-order valence-corrected chi connectivity index (χ1v) is 6.92. The van der Waals surface area contributed by atoms with E-state index in [9.17, 15) is 0 Å². The zero-order valence-corrected chi connectivity index (χ0v) is 10.4. The van der Waals surface area contributed by atoms with Crippen molar-refractivity contribution in [2.75, 3.05) is 0 Å². The van der Waals surface area contributed by atoms with Crippen molar-refractivity contribution in [1.29, 1.82) is 0 Å². The third kappa shape index (κ3) is 6.76. The fourth-order valence-corrected chi connectivity index (χ4v) is 2.32. The summed E-state index contributed by atoms with van der Waals surface area (Å²) in [5, 5.41) is 0. The normalized spacial score (nSPS) is 18.7. The molecule has 1 radical (unpaired) electrons. The van der Waals surface area contributed by atoms with E-state index in [1.165, 1.54) is 64.2 Å². The monoisotopic (exact) mass is 207 g/mol. The van der Waals surface area contributed by atoms with Crippen molar-refractivity contribution >= 4 is 0 Å². The predicted octanol–water partition coefficient (Wildman–Crippen LogP) is 5.30. The number of unbranched alkanes of at least 4 members (excludes halogenated alkanes) is 5. The Kier molecular flexibility index (Phi) is 7.69. The van der Waals surface area contributed by atoms with E-state index < -0.39 is 0 Å². The van der Waals surface area contributed by atoms with Gasteiger partial charge in [-0.25, -0.2) is 0 Å². The average molecular weight is 207 g/mol. The molecule has 1 aliphatic rings. The van der Waals surface area contributed by atoms with E-state index in [1.54, 1.807) is 0 Å². The highest BCUT2D eigenvalue weighted by Crippen LogP contribution is 2.24. The van der Waals surface area contributed by atoms with E-state index in [0.717, 1.165) is 5.92 Å². The van der Waals surface area contributed by atoms with Crippen molar-refractivity contribution in [3.8, 4) is 0 Å². The van der Waals surface area contributed by atoms with Gasteiger partial charge in [0.1, 0.15) is 0 Å². The Labute approximate surface area is 96.2 Å². The summed E-state index contributed by atoms with van der Waals surface area (Å²) in [5.74, 6) is 0.911. The molecule has 0 heterocycles. The van der Waals surface area contributed by atoms with Gasteiger partial charge in [0.15, 0.2) is 0 Å². The number of allylic oxidation sites excluding steroid dienone is 2. The molecule has 0 N–H and O–H groups in total. The number of rotatable bonds is 7. The molecule has 1 rings (SSSR count). The van der Waals surface area contributed by atoms with Crippen LogP contribution in [0.4, 0.5) is 0 Å². The second-order valence-corrected chi connectivity index (χ2v) is 4.83. The molecule has 87 valence electrons. The van der Waals surface area contributed by atoms with Crippen LogP contribution in [0.25, 0.3) is 0 Å². The van der Waals surface area contributed by atoms with Gasteiger partial charge in [0, 0.05) is 0 Å². The molecule has 0 atom stereocenters. The summed E-state index contributed by atoms with van der Waals surface area (Å²) in [5.41, 5.74) is 0. The average Bonchev–Trinajstić information content (AvgIpc) is 2.29. The van der Waals surface area contributed by atoms with E-state index in [4.69, 9.17) is 0 Å². The minimum atomic E-state index is 0.911. The predicted molar refractivity (Wildman–Crippen MR) is 68.8 cm³/mol. The maximum absolute atomic E-state index is 2.48. The zero-order valence-electron chi connectivity index (χ0n) is 10.4. The topological polar surface area (TPSA) is 0 Å². The van der Waals surface area contributed by atoms with Gasteiger partial charge in [-0.3, -0.25) is 0 Å². The van der Waals surface area contributed by atoms with Crippen LogP contribution in [0.1, 0.15) is 71.1 Å². The molecule has 0 saturated heterocycles. The quantitative estimate of drug-likeness (QED) is 0.392. The van der Waals surface area contributed by atoms with Crippen LogP contribution in [0.3, 0.4) is 0 Å². The summed E-state index contributed by atoms with van der Waals surface area (Å²) in [6.07, 6.45) is 21.2. The van der Waals surface area contributed by atoms with Gasteiger partial charge in [-0.1, -0.05) is 57.6 Å².